The number of carboxylic acids is 1. The fourth-order valence-corrected chi connectivity index (χ4v) is 4.73. The standard InChI is InChI=1S/C12H16O3S2/c13-12(14)11-10(5-6-16-11)8-17(15)7-9-3-1-2-4-9/h5-6,9H,1-4,7-8H2,(H,13,14). The largest absolute Gasteiger partial charge is 0.477 e. The molecule has 1 aliphatic rings. The molecule has 94 valence electrons. The Kier molecular flexibility index (Phi) is 4.34. The van der Waals surface area contributed by atoms with E-state index in [0.717, 1.165) is 11.3 Å². The lowest BCUT2D eigenvalue weighted by Crippen LogP contribution is -2.10. The minimum atomic E-state index is -0.923. The van der Waals surface area contributed by atoms with Crippen molar-refractivity contribution in [2.45, 2.75) is 31.4 Å². The summed E-state index contributed by atoms with van der Waals surface area (Å²) in [5.41, 5.74) is 0.721. The average Bonchev–Trinajstić information content (AvgIpc) is 2.88. The average molecular weight is 272 g/mol. The third-order valence-corrected chi connectivity index (χ3v) is 5.57. The van der Waals surface area contributed by atoms with Gasteiger partial charge in [0.25, 0.3) is 0 Å². The van der Waals surface area contributed by atoms with Gasteiger partial charge in [-0.1, -0.05) is 12.8 Å². The molecule has 1 unspecified atom stereocenters. The molecule has 1 aromatic rings. The van der Waals surface area contributed by atoms with Crippen LogP contribution in [-0.4, -0.2) is 21.0 Å². The Morgan fingerprint density at radius 1 is 1.47 bits per heavy atom. The highest BCUT2D eigenvalue weighted by Gasteiger charge is 2.19. The zero-order valence-electron chi connectivity index (χ0n) is 9.55. The van der Waals surface area contributed by atoms with E-state index in [1.807, 2.05) is 0 Å². The van der Waals surface area contributed by atoms with Crippen LogP contribution in [0, 0.1) is 5.92 Å². The quantitative estimate of drug-likeness (QED) is 0.896. The number of hydrogen-bond donors (Lipinski definition) is 1. The second-order valence-corrected chi connectivity index (χ2v) is 6.90. The van der Waals surface area contributed by atoms with Crippen molar-refractivity contribution >= 4 is 28.1 Å². The van der Waals surface area contributed by atoms with Gasteiger partial charge in [-0.05, 0) is 35.8 Å². The first kappa shape index (κ1) is 12.8. The number of hydrogen-bond acceptors (Lipinski definition) is 3. The molecule has 0 amide bonds. The molecule has 2 rings (SSSR count). The van der Waals surface area contributed by atoms with Crippen molar-refractivity contribution in [1.29, 1.82) is 0 Å². The Morgan fingerprint density at radius 3 is 2.82 bits per heavy atom. The van der Waals surface area contributed by atoms with Crippen LogP contribution in [0.4, 0.5) is 0 Å². The fraction of sp³-hybridized carbons (Fsp3) is 0.583. The normalized spacial score (nSPS) is 18.4. The van der Waals surface area contributed by atoms with Crippen molar-refractivity contribution in [2.24, 2.45) is 5.92 Å². The first-order valence-corrected chi connectivity index (χ1v) is 8.18. The maximum atomic E-state index is 12.0. The second-order valence-electron chi connectivity index (χ2n) is 4.48. The van der Waals surface area contributed by atoms with E-state index in [4.69, 9.17) is 5.11 Å². The molecule has 1 saturated carbocycles. The van der Waals surface area contributed by atoms with Crippen molar-refractivity contribution in [3.63, 3.8) is 0 Å². The van der Waals surface area contributed by atoms with E-state index in [2.05, 4.69) is 0 Å². The van der Waals surface area contributed by atoms with E-state index < -0.39 is 16.8 Å². The van der Waals surface area contributed by atoms with Crippen LogP contribution in [0.25, 0.3) is 0 Å². The minimum absolute atomic E-state index is 0.338. The van der Waals surface area contributed by atoms with E-state index in [1.54, 1.807) is 11.4 Å². The van der Waals surface area contributed by atoms with E-state index in [9.17, 15) is 9.00 Å². The van der Waals surface area contributed by atoms with Crippen LogP contribution in [0.5, 0.6) is 0 Å². The van der Waals surface area contributed by atoms with Gasteiger partial charge in [-0.15, -0.1) is 11.3 Å². The molecule has 1 aromatic heterocycles. The lowest BCUT2D eigenvalue weighted by Gasteiger charge is -2.08. The smallest absolute Gasteiger partial charge is 0.346 e. The summed E-state index contributed by atoms with van der Waals surface area (Å²) in [5.74, 6) is 0.798. The van der Waals surface area contributed by atoms with Gasteiger partial charge in [-0.3, -0.25) is 4.21 Å². The van der Waals surface area contributed by atoms with Crippen LogP contribution in [0.2, 0.25) is 0 Å². The fourth-order valence-electron chi connectivity index (χ4n) is 2.31. The van der Waals surface area contributed by atoms with Gasteiger partial charge in [0.1, 0.15) is 4.88 Å². The van der Waals surface area contributed by atoms with Gasteiger partial charge >= 0.3 is 5.97 Å². The molecule has 0 spiro atoms. The van der Waals surface area contributed by atoms with E-state index >= 15 is 0 Å². The molecule has 5 heteroatoms. The van der Waals surface area contributed by atoms with Gasteiger partial charge in [0.05, 0.1) is 5.75 Å². The predicted octanol–water partition coefficient (Wildman–Crippen LogP) is 2.89. The van der Waals surface area contributed by atoms with Gasteiger partial charge in [-0.2, -0.15) is 0 Å². The zero-order chi connectivity index (χ0) is 12.3. The van der Waals surface area contributed by atoms with Crippen LogP contribution in [0.3, 0.4) is 0 Å². The zero-order valence-corrected chi connectivity index (χ0v) is 11.2. The maximum Gasteiger partial charge on any atom is 0.346 e. The lowest BCUT2D eigenvalue weighted by atomic mass is 10.1. The van der Waals surface area contributed by atoms with E-state index in [-0.39, 0.29) is 0 Å². The van der Waals surface area contributed by atoms with Gasteiger partial charge in [0.15, 0.2) is 0 Å². The highest BCUT2D eigenvalue weighted by molar-refractivity contribution is 7.84. The number of thiophene rings is 1. The monoisotopic (exact) mass is 272 g/mol. The van der Waals surface area contributed by atoms with Crippen molar-refractivity contribution in [2.75, 3.05) is 5.75 Å². The van der Waals surface area contributed by atoms with Gasteiger partial charge in [-0.25, -0.2) is 4.79 Å². The second kappa shape index (κ2) is 5.78. The van der Waals surface area contributed by atoms with Crippen molar-refractivity contribution in [3.8, 4) is 0 Å². The van der Waals surface area contributed by atoms with Crippen molar-refractivity contribution < 1.29 is 14.1 Å². The molecule has 1 N–H and O–H groups in total. The van der Waals surface area contributed by atoms with Crippen molar-refractivity contribution in [1.82, 2.24) is 0 Å². The summed E-state index contributed by atoms with van der Waals surface area (Å²) in [4.78, 5) is 11.3. The predicted molar refractivity (Wildman–Crippen MR) is 69.9 cm³/mol. The Balaban J connectivity index is 1.93. The third kappa shape index (κ3) is 3.39. The lowest BCUT2D eigenvalue weighted by molar-refractivity contribution is 0.0701. The molecule has 0 aromatic carbocycles. The highest BCUT2D eigenvalue weighted by Crippen LogP contribution is 2.26. The van der Waals surface area contributed by atoms with Gasteiger partial charge < -0.3 is 5.11 Å². The Bertz CT molecular complexity index is 419. The Labute approximate surface area is 107 Å². The molecule has 1 heterocycles. The summed E-state index contributed by atoms with van der Waals surface area (Å²) in [6.45, 7) is 0. The third-order valence-electron chi connectivity index (χ3n) is 3.15. The molecule has 1 aliphatic carbocycles. The maximum absolute atomic E-state index is 12.0. The number of carbonyl (C=O) groups is 1. The highest BCUT2D eigenvalue weighted by atomic mass is 32.2. The topological polar surface area (TPSA) is 54.4 Å². The molecule has 1 fully saturated rings. The molecule has 3 nitrogen and oxygen atoms in total. The van der Waals surface area contributed by atoms with E-state index in [1.165, 1.54) is 37.0 Å². The van der Waals surface area contributed by atoms with Gasteiger partial charge in [0, 0.05) is 16.6 Å². The molecule has 0 saturated heterocycles. The van der Waals surface area contributed by atoms with Gasteiger partial charge in [0.2, 0.25) is 0 Å². The summed E-state index contributed by atoms with van der Waals surface area (Å²) < 4.78 is 12.0. The molecule has 0 aliphatic heterocycles. The molecule has 17 heavy (non-hydrogen) atoms. The SMILES string of the molecule is O=C(O)c1sccc1CS(=O)CC1CCCC1. The van der Waals surface area contributed by atoms with Crippen LogP contribution in [-0.2, 0) is 16.6 Å². The Hall–Kier alpha value is -0.680. The van der Waals surface area contributed by atoms with E-state index in [0.29, 0.717) is 16.5 Å². The van der Waals surface area contributed by atoms with Crippen LogP contribution in [0.15, 0.2) is 11.4 Å². The van der Waals surface area contributed by atoms with Crippen molar-refractivity contribution in [3.05, 3.63) is 21.9 Å². The molecular weight excluding hydrogens is 256 g/mol. The molecular formula is C12H16O3S2. The summed E-state index contributed by atoms with van der Waals surface area (Å²) in [6, 6.07) is 1.78. The summed E-state index contributed by atoms with van der Waals surface area (Å²) in [7, 11) is -0.923. The minimum Gasteiger partial charge on any atom is -0.477 e. The summed E-state index contributed by atoms with van der Waals surface area (Å²) in [5, 5.41) is 10.7. The van der Waals surface area contributed by atoms with Crippen LogP contribution in [0.1, 0.15) is 40.9 Å². The molecule has 0 bridgehead atoms. The number of carboxylic acid groups (broad SMARTS) is 1. The number of aromatic carboxylic acids is 1. The summed E-state index contributed by atoms with van der Waals surface area (Å²) >= 11 is 1.21. The molecule has 1 atom stereocenters. The van der Waals surface area contributed by atoms with Crippen LogP contribution < -0.4 is 0 Å². The number of rotatable bonds is 5. The first-order valence-electron chi connectivity index (χ1n) is 5.81. The molecule has 0 radical (unpaired) electrons. The Morgan fingerprint density at radius 2 is 2.18 bits per heavy atom. The summed E-state index contributed by atoms with van der Waals surface area (Å²) in [6.07, 6.45) is 4.86. The first-order chi connectivity index (χ1) is 8.16. The van der Waals surface area contributed by atoms with Crippen LogP contribution >= 0.6 is 11.3 Å².